The van der Waals surface area contributed by atoms with Crippen LogP contribution in [0.5, 0.6) is 28.7 Å². The van der Waals surface area contributed by atoms with Crippen molar-refractivity contribution in [3.05, 3.63) is 47.0 Å². The molecule has 0 aliphatic carbocycles. The first-order valence-corrected chi connectivity index (χ1v) is 9.20. The highest BCUT2D eigenvalue weighted by atomic mass is 16.5. The van der Waals surface area contributed by atoms with E-state index in [4.69, 9.17) is 18.9 Å². The maximum absolute atomic E-state index is 11.2. The molecule has 2 aromatic rings. The highest BCUT2D eigenvalue weighted by Gasteiger charge is 2.48. The second-order valence-corrected chi connectivity index (χ2v) is 7.79. The Hall–Kier alpha value is -3.15. The van der Waals surface area contributed by atoms with Crippen molar-refractivity contribution in [3.63, 3.8) is 0 Å². The monoisotopic (exact) mass is 381 g/mol. The van der Waals surface area contributed by atoms with E-state index in [0.717, 1.165) is 16.9 Å². The Morgan fingerprint density at radius 3 is 2.82 bits per heavy atom. The average Bonchev–Trinajstić information content (AvgIpc) is 2.66. The Kier molecular flexibility index (Phi) is 3.44. The molecule has 3 aliphatic heterocycles. The van der Waals surface area contributed by atoms with Gasteiger partial charge >= 0.3 is 5.78 Å². The molecule has 2 N–H and O–H groups in total. The molecule has 0 spiro atoms. The summed E-state index contributed by atoms with van der Waals surface area (Å²) in [6, 6.07) is 6.88. The molecule has 0 radical (unpaired) electrons. The van der Waals surface area contributed by atoms with Crippen molar-refractivity contribution in [1.29, 1.82) is 0 Å². The van der Waals surface area contributed by atoms with Crippen molar-refractivity contribution in [1.82, 2.24) is 0 Å². The van der Waals surface area contributed by atoms with Crippen LogP contribution in [0.4, 0.5) is 0 Å². The number of ketones is 1. The van der Waals surface area contributed by atoms with Gasteiger partial charge in [0.2, 0.25) is 0 Å². The quantitative estimate of drug-likeness (QED) is 0.766. The van der Waals surface area contributed by atoms with Crippen LogP contribution in [0.15, 0.2) is 30.3 Å². The molecule has 2 atom stereocenters. The van der Waals surface area contributed by atoms with Crippen LogP contribution in [0.2, 0.25) is 0 Å². The van der Waals surface area contributed by atoms with Gasteiger partial charge < -0.3 is 24.1 Å². The average molecular weight is 381 g/mol. The van der Waals surface area contributed by atoms with E-state index in [1.165, 1.54) is 13.2 Å². The highest BCUT2D eigenvalue weighted by Crippen LogP contribution is 2.49. The van der Waals surface area contributed by atoms with Gasteiger partial charge in [0.15, 0.2) is 17.6 Å². The molecule has 0 unspecified atom stereocenters. The number of benzene rings is 2. The minimum atomic E-state index is -0.409. The number of ether oxygens (including phenoxy) is 4. The number of fused-ring (bicyclic) bond motifs is 6. The van der Waals surface area contributed by atoms with Crippen LogP contribution in [0, 0.1) is 0 Å². The van der Waals surface area contributed by atoms with Crippen molar-refractivity contribution in [3.8, 4) is 28.7 Å². The zero-order valence-corrected chi connectivity index (χ0v) is 15.9. The number of phenols is 1. The van der Waals surface area contributed by atoms with Crippen LogP contribution in [-0.4, -0.2) is 41.1 Å². The molecule has 0 saturated heterocycles. The van der Waals surface area contributed by atoms with E-state index < -0.39 is 17.6 Å². The van der Waals surface area contributed by atoms with Crippen LogP contribution in [0.25, 0.3) is 6.08 Å². The lowest BCUT2D eigenvalue weighted by Gasteiger charge is -2.36. The molecule has 6 nitrogen and oxygen atoms in total. The third-order valence-corrected chi connectivity index (χ3v) is 5.44. The van der Waals surface area contributed by atoms with Crippen molar-refractivity contribution in [2.45, 2.75) is 31.5 Å². The van der Waals surface area contributed by atoms with Gasteiger partial charge in [-0.1, -0.05) is 0 Å². The number of rotatable bonds is 1. The highest BCUT2D eigenvalue weighted by molar-refractivity contribution is 6.07. The Morgan fingerprint density at radius 2 is 2.04 bits per heavy atom. The van der Waals surface area contributed by atoms with Gasteiger partial charge in [-0.2, -0.15) is 0 Å². The van der Waals surface area contributed by atoms with E-state index in [1.54, 1.807) is 6.07 Å². The second-order valence-electron chi connectivity index (χ2n) is 7.79. The Bertz CT molecular complexity index is 1040. The first-order chi connectivity index (χ1) is 13.4. The Morgan fingerprint density at radius 1 is 1.21 bits per heavy atom. The van der Waals surface area contributed by atoms with Crippen molar-refractivity contribution >= 4 is 11.9 Å². The molecule has 5 rings (SSSR count). The molecule has 2 aromatic carbocycles. The summed E-state index contributed by atoms with van der Waals surface area (Å²) in [6.45, 7) is 4.23. The first-order valence-electron chi connectivity index (χ1n) is 9.20. The van der Waals surface area contributed by atoms with Crippen LogP contribution < -0.4 is 18.9 Å². The van der Waals surface area contributed by atoms with Crippen molar-refractivity contribution < 1.29 is 28.8 Å². The van der Waals surface area contributed by atoms with Gasteiger partial charge in [0, 0.05) is 11.6 Å². The fraction of sp³-hybridized carbons (Fsp3) is 0.318. The molecule has 0 saturated carbocycles. The molecule has 3 aliphatic rings. The molecule has 28 heavy (non-hydrogen) atoms. The van der Waals surface area contributed by atoms with Crippen molar-refractivity contribution in [2.24, 2.45) is 0 Å². The smallest absolute Gasteiger partial charge is 0.338 e. The van der Waals surface area contributed by atoms with Crippen LogP contribution in [0.3, 0.4) is 0 Å². The molecule has 0 fully saturated rings. The summed E-state index contributed by atoms with van der Waals surface area (Å²) in [6.07, 6.45) is 3.55. The topological polar surface area (TPSA) is 78.6 Å². The lowest BCUT2D eigenvalue weighted by atomic mass is 9.81. The molecular formula is C22H21O6+. The third-order valence-electron chi connectivity index (χ3n) is 5.44. The van der Waals surface area contributed by atoms with Gasteiger partial charge in [-0.25, -0.2) is 0 Å². The zero-order chi connectivity index (χ0) is 19.6. The van der Waals surface area contributed by atoms with Gasteiger partial charge in [0.25, 0.3) is 0 Å². The largest absolute Gasteiger partial charge is 0.504 e. The summed E-state index contributed by atoms with van der Waals surface area (Å²) in [5.74, 6) is 1.96. The maximum atomic E-state index is 11.2. The molecule has 144 valence electrons. The van der Waals surface area contributed by atoms with Gasteiger partial charge in [0.05, 0.1) is 12.7 Å². The number of hydrogen-bond acceptors (Lipinski definition) is 5. The lowest BCUT2D eigenvalue weighted by molar-refractivity contribution is 0.0942. The fourth-order valence-corrected chi connectivity index (χ4v) is 4.07. The predicted molar refractivity (Wildman–Crippen MR) is 104 cm³/mol. The molecule has 3 heterocycles. The molecule has 0 aromatic heterocycles. The normalized spacial score (nSPS) is 23.2. The van der Waals surface area contributed by atoms with Crippen LogP contribution in [0.1, 0.15) is 36.5 Å². The third kappa shape index (κ3) is 2.37. The van der Waals surface area contributed by atoms with Crippen LogP contribution >= 0.6 is 0 Å². The van der Waals surface area contributed by atoms with E-state index in [1.807, 2.05) is 38.1 Å². The molecule has 6 heteroatoms. The molecule has 0 amide bonds. The summed E-state index contributed by atoms with van der Waals surface area (Å²) >= 11 is 0. The van der Waals surface area contributed by atoms with E-state index in [9.17, 15) is 9.90 Å². The van der Waals surface area contributed by atoms with E-state index in [0.29, 0.717) is 22.8 Å². The van der Waals surface area contributed by atoms with E-state index >= 15 is 0 Å². The van der Waals surface area contributed by atoms with E-state index in [2.05, 4.69) is 0 Å². The number of methoxy groups -OCH3 is 1. The minimum Gasteiger partial charge on any atom is -0.504 e. The van der Waals surface area contributed by atoms with Gasteiger partial charge in [-0.05, 0) is 44.2 Å². The van der Waals surface area contributed by atoms with Gasteiger partial charge in [0.1, 0.15) is 40.9 Å². The zero-order valence-electron chi connectivity index (χ0n) is 15.9. The minimum absolute atomic E-state index is 0.00436. The van der Waals surface area contributed by atoms with E-state index in [-0.39, 0.29) is 18.1 Å². The molecular weight excluding hydrogens is 360 g/mol. The second kappa shape index (κ2) is 5.67. The lowest BCUT2D eigenvalue weighted by Crippen LogP contribution is -2.43. The number of carbonyl (C=O) groups excluding carboxylic acids is 1. The first kappa shape index (κ1) is 17.0. The molecule has 0 bridgehead atoms. The summed E-state index contributed by atoms with van der Waals surface area (Å²) in [4.78, 5) is 11.2. The Labute approximate surface area is 162 Å². The predicted octanol–water partition coefficient (Wildman–Crippen LogP) is 3.42. The summed E-state index contributed by atoms with van der Waals surface area (Å²) in [5.41, 5.74) is 1.78. The van der Waals surface area contributed by atoms with Gasteiger partial charge in [-0.15, -0.1) is 0 Å². The number of phenolic OH excluding ortho intramolecular Hbond substituents is 1. The van der Waals surface area contributed by atoms with Gasteiger partial charge in [-0.3, -0.25) is 4.79 Å². The summed E-state index contributed by atoms with van der Waals surface area (Å²) in [7, 11) is 1.49. The SMILES string of the molecule is COc1cc2c(cc1O)OC[C@H]1Oc3c(ccc4c3C=CC(C)(C)O4)C(=[OH+])[C@@H]21. The Balaban J connectivity index is 1.62. The van der Waals surface area contributed by atoms with Crippen molar-refractivity contribution in [2.75, 3.05) is 13.7 Å². The maximum Gasteiger partial charge on any atom is 0.338 e. The summed E-state index contributed by atoms with van der Waals surface area (Å²) < 4.78 is 23.3. The fourth-order valence-electron chi connectivity index (χ4n) is 4.07. The number of aromatic hydroxyl groups is 1. The standard InChI is InChI=1S/C22H20O6/c1-22(2)7-6-11-15(28-22)5-4-12-20(24)19-13-8-17(25-3)14(23)9-16(13)26-10-18(19)27-21(11)12/h4-9,18-19,23H,10H2,1-3H3/p+1/t18-,19+/m1/s1. The van der Waals surface area contributed by atoms with Crippen LogP contribution in [-0.2, 0) is 0 Å². The summed E-state index contributed by atoms with van der Waals surface area (Å²) in [5, 5.41) is 10.0. The number of hydrogen-bond donors (Lipinski definition) is 1.